The zero-order valence-corrected chi connectivity index (χ0v) is 23.4. The van der Waals surface area contributed by atoms with Crippen molar-refractivity contribution in [3.05, 3.63) is 71.1 Å². The molecule has 206 valence electrons. The van der Waals surface area contributed by atoms with E-state index < -0.39 is 32.6 Å². The SMILES string of the molecule is CS(=O)(=O)NCCNc1cnc(-n2ccc3cc(N(CC(=O)O)S(=O)(=O)c4cc(Cl)cc(Cl)c4)ccc32)cn1. The lowest BCUT2D eigenvalue weighted by Crippen LogP contribution is -2.35. The van der Waals surface area contributed by atoms with Crippen LogP contribution in [0.2, 0.25) is 10.0 Å². The van der Waals surface area contributed by atoms with Gasteiger partial charge in [-0.1, -0.05) is 23.2 Å². The average Bonchev–Trinajstić information content (AvgIpc) is 3.27. The highest BCUT2D eigenvalue weighted by molar-refractivity contribution is 7.92. The maximum atomic E-state index is 13.4. The van der Waals surface area contributed by atoms with Crippen LogP contribution < -0.4 is 14.3 Å². The van der Waals surface area contributed by atoms with Gasteiger partial charge in [-0.25, -0.2) is 31.5 Å². The smallest absolute Gasteiger partial charge is 0.324 e. The number of fused-ring (bicyclic) bond motifs is 1. The minimum absolute atomic E-state index is 0.0942. The van der Waals surface area contributed by atoms with E-state index in [1.807, 2.05) is 0 Å². The highest BCUT2D eigenvalue weighted by Crippen LogP contribution is 2.31. The molecule has 0 unspecified atom stereocenters. The molecule has 0 aliphatic heterocycles. The number of rotatable bonds is 11. The standard InChI is InChI=1S/C23H22Cl2N6O6S2/c1-38(34,35)29-6-5-26-21-12-28-22(13-27-21)30-7-4-15-8-18(2-3-20(15)30)31(14-23(32)33)39(36,37)19-10-16(24)9-17(25)11-19/h2-4,7-13,29H,5-6,14H2,1H3,(H,26,27)(H,32,33). The normalized spacial score (nSPS) is 12.0. The van der Waals surface area contributed by atoms with Gasteiger partial charge in [0.25, 0.3) is 10.0 Å². The van der Waals surface area contributed by atoms with Gasteiger partial charge in [-0.05, 0) is 42.5 Å². The van der Waals surface area contributed by atoms with Crippen LogP contribution >= 0.6 is 23.2 Å². The minimum Gasteiger partial charge on any atom is -0.480 e. The number of sulfonamides is 2. The fraction of sp³-hybridized carbons (Fsp3) is 0.174. The van der Waals surface area contributed by atoms with Gasteiger partial charge in [0.05, 0.1) is 34.7 Å². The lowest BCUT2D eigenvalue weighted by atomic mass is 10.2. The van der Waals surface area contributed by atoms with Crippen LogP contribution in [0.25, 0.3) is 16.7 Å². The van der Waals surface area contributed by atoms with Crippen LogP contribution in [0.15, 0.2) is 66.0 Å². The van der Waals surface area contributed by atoms with Crippen molar-refractivity contribution in [3.63, 3.8) is 0 Å². The molecule has 2 aromatic heterocycles. The Kier molecular flexibility index (Phi) is 8.32. The van der Waals surface area contributed by atoms with Crippen molar-refractivity contribution in [3.8, 4) is 5.82 Å². The van der Waals surface area contributed by atoms with Crippen molar-refractivity contribution in [1.82, 2.24) is 19.3 Å². The number of nitrogens with zero attached hydrogens (tertiary/aromatic N) is 4. The monoisotopic (exact) mass is 612 g/mol. The Morgan fingerprint density at radius 1 is 1.00 bits per heavy atom. The zero-order valence-electron chi connectivity index (χ0n) is 20.2. The number of hydrogen-bond acceptors (Lipinski definition) is 8. The number of carboxylic acids is 1. The molecule has 4 aromatic rings. The molecule has 3 N–H and O–H groups in total. The van der Waals surface area contributed by atoms with E-state index >= 15 is 0 Å². The van der Waals surface area contributed by atoms with Gasteiger partial charge < -0.3 is 10.4 Å². The van der Waals surface area contributed by atoms with Crippen LogP contribution in [0.4, 0.5) is 11.5 Å². The van der Waals surface area contributed by atoms with Crippen LogP contribution in [0.5, 0.6) is 0 Å². The number of carboxylic acid groups (broad SMARTS) is 1. The van der Waals surface area contributed by atoms with Gasteiger partial charge >= 0.3 is 5.97 Å². The molecular weight excluding hydrogens is 591 g/mol. The summed E-state index contributed by atoms with van der Waals surface area (Å²) in [6, 6.07) is 10.2. The predicted octanol–water partition coefficient (Wildman–Crippen LogP) is 2.97. The second kappa shape index (κ2) is 11.4. The number of anilines is 2. The summed E-state index contributed by atoms with van der Waals surface area (Å²) in [5.74, 6) is -0.426. The third kappa shape index (κ3) is 6.96. The summed E-state index contributed by atoms with van der Waals surface area (Å²) in [7, 11) is -7.60. The van der Waals surface area contributed by atoms with Crippen LogP contribution in [-0.2, 0) is 24.8 Å². The van der Waals surface area contributed by atoms with Gasteiger partial charge in [-0.2, -0.15) is 0 Å². The molecule has 2 heterocycles. The first kappa shape index (κ1) is 28.6. The van der Waals surface area contributed by atoms with E-state index in [1.54, 1.807) is 29.0 Å². The first-order valence-corrected chi connectivity index (χ1v) is 15.2. The minimum atomic E-state index is -4.32. The number of hydrogen-bond donors (Lipinski definition) is 3. The van der Waals surface area contributed by atoms with Gasteiger partial charge in [-0.3, -0.25) is 13.7 Å². The van der Waals surface area contributed by atoms with E-state index in [1.165, 1.54) is 36.7 Å². The molecule has 0 saturated heterocycles. The predicted molar refractivity (Wildman–Crippen MR) is 149 cm³/mol. The van der Waals surface area contributed by atoms with Gasteiger partial charge in [0.2, 0.25) is 10.0 Å². The van der Waals surface area contributed by atoms with E-state index in [0.29, 0.717) is 29.1 Å². The molecule has 16 heteroatoms. The van der Waals surface area contributed by atoms with Crippen molar-refractivity contribution in [2.45, 2.75) is 4.90 Å². The summed E-state index contributed by atoms with van der Waals surface area (Å²) in [5.41, 5.74) is 0.802. The summed E-state index contributed by atoms with van der Waals surface area (Å²) in [4.78, 5) is 20.0. The first-order valence-electron chi connectivity index (χ1n) is 11.2. The quantitative estimate of drug-likeness (QED) is 0.216. The average molecular weight is 614 g/mol. The van der Waals surface area contributed by atoms with Crippen molar-refractivity contribution >= 4 is 71.6 Å². The fourth-order valence-electron chi connectivity index (χ4n) is 3.69. The molecule has 0 amide bonds. The Bertz CT molecular complexity index is 1720. The molecule has 39 heavy (non-hydrogen) atoms. The van der Waals surface area contributed by atoms with Crippen LogP contribution in [-0.4, -0.2) is 68.3 Å². The summed E-state index contributed by atoms with van der Waals surface area (Å²) in [5, 5.41) is 13.2. The molecule has 0 radical (unpaired) electrons. The number of halogens is 2. The summed E-state index contributed by atoms with van der Waals surface area (Å²) < 4.78 is 53.9. The Morgan fingerprint density at radius 2 is 1.72 bits per heavy atom. The highest BCUT2D eigenvalue weighted by atomic mass is 35.5. The third-order valence-corrected chi connectivity index (χ3v) is 8.26. The van der Waals surface area contributed by atoms with Gasteiger partial charge in [0, 0.05) is 34.7 Å². The van der Waals surface area contributed by atoms with Gasteiger partial charge in [0.1, 0.15) is 12.4 Å². The molecule has 4 rings (SSSR count). The van der Waals surface area contributed by atoms with E-state index in [2.05, 4.69) is 20.0 Å². The summed E-state index contributed by atoms with van der Waals surface area (Å²) >= 11 is 12.0. The molecule has 0 saturated carbocycles. The fourth-order valence-corrected chi connectivity index (χ4v) is 6.30. The second-order valence-electron chi connectivity index (χ2n) is 8.29. The molecule has 2 aromatic carbocycles. The maximum absolute atomic E-state index is 13.4. The van der Waals surface area contributed by atoms with E-state index in [9.17, 15) is 26.7 Å². The maximum Gasteiger partial charge on any atom is 0.324 e. The van der Waals surface area contributed by atoms with Crippen molar-refractivity contribution < 1.29 is 26.7 Å². The van der Waals surface area contributed by atoms with E-state index in [-0.39, 0.29) is 27.2 Å². The number of aromatic nitrogens is 3. The number of aliphatic carboxylic acids is 1. The van der Waals surface area contributed by atoms with Gasteiger partial charge in [-0.15, -0.1) is 0 Å². The largest absolute Gasteiger partial charge is 0.480 e. The topological polar surface area (TPSA) is 164 Å². The lowest BCUT2D eigenvalue weighted by Gasteiger charge is -2.23. The van der Waals surface area contributed by atoms with Crippen LogP contribution in [0, 0.1) is 0 Å². The van der Waals surface area contributed by atoms with Crippen molar-refractivity contribution in [2.24, 2.45) is 0 Å². The zero-order chi connectivity index (χ0) is 28.4. The molecule has 0 atom stereocenters. The molecule has 0 bridgehead atoms. The van der Waals surface area contributed by atoms with Crippen molar-refractivity contribution in [2.75, 3.05) is 35.5 Å². The van der Waals surface area contributed by atoms with E-state index in [0.717, 1.165) is 10.6 Å². The Hall–Kier alpha value is -3.43. The Balaban J connectivity index is 1.60. The molecule has 0 aliphatic carbocycles. The summed E-state index contributed by atoms with van der Waals surface area (Å²) in [6.45, 7) is -0.322. The third-order valence-electron chi connectivity index (χ3n) is 5.35. The number of benzene rings is 2. The Morgan fingerprint density at radius 3 is 2.33 bits per heavy atom. The number of carbonyl (C=O) groups is 1. The Labute approximate surface area is 234 Å². The molecule has 0 aliphatic rings. The molecule has 0 spiro atoms. The van der Waals surface area contributed by atoms with Crippen LogP contribution in [0.3, 0.4) is 0 Å². The highest BCUT2D eigenvalue weighted by Gasteiger charge is 2.28. The second-order valence-corrected chi connectivity index (χ2v) is 12.9. The molecule has 0 fully saturated rings. The first-order chi connectivity index (χ1) is 18.3. The lowest BCUT2D eigenvalue weighted by molar-refractivity contribution is -0.135. The van der Waals surface area contributed by atoms with Crippen molar-refractivity contribution in [1.29, 1.82) is 0 Å². The van der Waals surface area contributed by atoms with E-state index in [4.69, 9.17) is 23.2 Å². The van der Waals surface area contributed by atoms with Crippen LogP contribution in [0.1, 0.15) is 0 Å². The number of nitrogens with one attached hydrogen (secondary N) is 2. The molecule has 12 nitrogen and oxygen atoms in total. The summed E-state index contributed by atoms with van der Waals surface area (Å²) in [6.07, 6.45) is 5.80. The van der Waals surface area contributed by atoms with Gasteiger partial charge in [0.15, 0.2) is 5.82 Å². The molecular formula is C23H22Cl2N6O6S2.